The first-order valence-electron chi connectivity index (χ1n) is 7.19. The Morgan fingerprint density at radius 3 is 2.17 bits per heavy atom. The molecule has 0 aliphatic carbocycles. The summed E-state index contributed by atoms with van der Waals surface area (Å²) in [5.74, 6) is -0.366. The first-order chi connectivity index (χ1) is 10.5. The van der Waals surface area contributed by atoms with Gasteiger partial charge in [0, 0.05) is 18.7 Å². The molecule has 23 heavy (non-hydrogen) atoms. The van der Waals surface area contributed by atoms with E-state index >= 15 is 0 Å². The zero-order valence-corrected chi connectivity index (χ0v) is 13.6. The van der Waals surface area contributed by atoms with Gasteiger partial charge in [0.15, 0.2) is 9.84 Å². The van der Waals surface area contributed by atoms with Crippen molar-refractivity contribution in [3.8, 4) is 0 Å². The standard InChI is InChI=1S/C15H18F3NO3S/c1-10(2)9-23(21,22)13-7-19(8-13)14(20)11-3-5-12(6-4-11)15(16,17)18/h3-6,10,13H,7-9H2,1-2H3. The summed E-state index contributed by atoms with van der Waals surface area (Å²) in [6, 6.07) is 3.92. The van der Waals surface area contributed by atoms with Crippen LogP contribution in [0.15, 0.2) is 24.3 Å². The predicted molar refractivity (Wildman–Crippen MR) is 79.8 cm³/mol. The molecule has 0 radical (unpaired) electrons. The minimum Gasteiger partial charge on any atom is -0.336 e. The van der Waals surface area contributed by atoms with Crippen molar-refractivity contribution in [2.45, 2.75) is 25.3 Å². The van der Waals surface area contributed by atoms with Crippen LogP contribution in [-0.4, -0.2) is 43.3 Å². The largest absolute Gasteiger partial charge is 0.416 e. The zero-order chi connectivity index (χ0) is 17.4. The van der Waals surface area contributed by atoms with Crippen molar-refractivity contribution >= 4 is 15.7 Å². The molecule has 1 amide bonds. The topological polar surface area (TPSA) is 54.5 Å². The zero-order valence-electron chi connectivity index (χ0n) is 12.8. The van der Waals surface area contributed by atoms with Crippen LogP contribution in [0.5, 0.6) is 0 Å². The normalized spacial score (nSPS) is 16.5. The fraction of sp³-hybridized carbons (Fsp3) is 0.533. The van der Waals surface area contributed by atoms with E-state index in [1.165, 1.54) is 4.90 Å². The second kappa shape index (κ2) is 6.14. The molecule has 1 aliphatic rings. The quantitative estimate of drug-likeness (QED) is 0.840. The van der Waals surface area contributed by atoms with E-state index in [1.807, 2.05) is 0 Å². The van der Waals surface area contributed by atoms with Gasteiger partial charge in [0.2, 0.25) is 0 Å². The Bertz CT molecular complexity index is 675. The molecule has 0 atom stereocenters. The van der Waals surface area contributed by atoms with Crippen LogP contribution in [0.1, 0.15) is 29.8 Å². The summed E-state index contributed by atoms with van der Waals surface area (Å²) in [5, 5.41) is -0.580. The minimum atomic E-state index is -4.45. The predicted octanol–water partition coefficient (Wildman–Crippen LogP) is 2.60. The number of carbonyl (C=O) groups is 1. The molecule has 4 nitrogen and oxygen atoms in total. The molecular weight excluding hydrogens is 331 g/mol. The van der Waals surface area contributed by atoms with Crippen LogP contribution in [0.25, 0.3) is 0 Å². The Kier molecular flexibility index (Phi) is 4.75. The van der Waals surface area contributed by atoms with Gasteiger partial charge in [0.1, 0.15) is 0 Å². The van der Waals surface area contributed by atoms with E-state index in [0.29, 0.717) is 0 Å². The molecular formula is C15H18F3NO3S. The Labute approximate surface area is 133 Å². The number of benzene rings is 1. The molecule has 1 heterocycles. The van der Waals surface area contributed by atoms with E-state index < -0.39 is 32.7 Å². The van der Waals surface area contributed by atoms with Gasteiger partial charge in [-0.05, 0) is 30.2 Å². The maximum absolute atomic E-state index is 12.5. The smallest absolute Gasteiger partial charge is 0.336 e. The molecule has 1 aromatic carbocycles. The van der Waals surface area contributed by atoms with Crippen molar-refractivity contribution in [1.29, 1.82) is 0 Å². The van der Waals surface area contributed by atoms with Gasteiger partial charge in [-0.1, -0.05) is 13.8 Å². The van der Waals surface area contributed by atoms with Crippen LogP contribution in [0, 0.1) is 5.92 Å². The minimum absolute atomic E-state index is 0.0136. The number of sulfone groups is 1. The molecule has 2 rings (SSSR count). The number of alkyl halides is 3. The molecule has 0 N–H and O–H groups in total. The summed E-state index contributed by atoms with van der Waals surface area (Å²) in [6.07, 6.45) is -4.45. The molecule has 1 saturated heterocycles. The highest BCUT2D eigenvalue weighted by Gasteiger charge is 2.40. The highest BCUT2D eigenvalue weighted by Crippen LogP contribution is 2.29. The molecule has 1 aliphatic heterocycles. The van der Waals surface area contributed by atoms with Crippen molar-refractivity contribution in [3.63, 3.8) is 0 Å². The Balaban J connectivity index is 1.99. The number of carbonyl (C=O) groups excluding carboxylic acids is 1. The molecule has 0 bridgehead atoms. The molecule has 1 fully saturated rings. The number of amides is 1. The average molecular weight is 349 g/mol. The Morgan fingerprint density at radius 1 is 1.22 bits per heavy atom. The molecule has 0 spiro atoms. The van der Waals surface area contributed by atoms with Crippen molar-refractivity contribution in [1.82, 2.24) is 4.90 Å². The summed E-state index contributed by atoms with van der Waals surface area (Å²) in [4.78, 5) is 13.5. The molecule has 128 valence electrons. The number of likely N-dealkylation sites (tertiary alicyclic amines) is 1. The van der Waals surface area contributed by atoms with Crippen molar-refractivity contribution in [2.75, 3.05) is 18.8 Å². The van der Waals surface area contributed by atoms with Crippen LogP contribution in [0.3, 0.4) is 0 Å². The first-order valence-corrected chi connectivity index (χ1v) is 8.90. The highest BCUT2D eigenvalue weighted by atomic mass is 32.2. The van der Waals surface area contributed by atoms with Gasteiger partial charge in [0.05, 0.1) is 16.6 Å². The van der Waals surface area contributed by atoms with Crippen LogP contribution in [-0.2, 0) is 16.0 Å². The number of hydrogen-bond donors (Lipinski definition) is 0. The van der Waals surface area contributed by atoms with E-state index in [9.17, 15) is 26.4 Å². The van der Waals surface area contributed by atoms with Gasteiger partial charge >= 0.3 is 6.18 Å². The summed E-state index contributed by atoms with van der Waals surface area (Å²) in [7, 11) is -3.24. The van der Waals surface area contributed by atoms with Gasteiger partial charge in [-0.15, -0.1) is 0 Å². The van der Waals surface area contributed by atoms with Gasteiger partial charge in [-0.2, -0.15) is 13.2 Å². The fourth-order valence-corrected chi connectivity index (χ4v) is 4.43. The summed E-state index contributed by atoms with van der Waals surface area (Å²) in [6.45, 7) is 3.80. The van der Waals surface area contributed by atoms with E-state index in [1.54, 1.807) is 13.8 Å². The SMILES string of the molecule is CC(C)CS(=O)(=O)C1CN(C(=O)c2ccc(C(F)(F)F)cc2)C1. The highest BCUT2D eigenvalue weighted by molar-refractivity contribution is 7.92. The monoisotopic (exact) mass is 349 g/mol. The second-order valence-corrected chi connectivity index (χ2v) is 8.46. The molecule has 0 aromatic heterocycles. The second-order valence-electron chi connectivity index (χ2n) is 6.13. The Morgan fingerprint density at radius 2 is 1.74 bits per heavy atom. The van der Waals surface area contributed by atoms with Crippen LogP contribution in [0.4, 0.5) is 13.2 Å². The maximum Gasteiger partial charge on any atom is 0.416 e. The van der Waals surface area contributed by atoms with Gasteiger partial charge in [0.25, 0.3) is 5.91 Å². The number of halogens is 3. The lowest BCUT2D eigenvalue weighted by Gasteiger charge is -2.39. The number of hydrogen-bond acceptors (Lipinski definition) is 3. The summed E-state index contributed by atoms with van der Waals surface area (Å²) >= 11 is 0. The molecule has 0 unspecified atom stereocenters. The van der Waals surface area contributed by atoms with Gasteiger partial charge < -0.3 is 4.90 Å². The fourth-order valence-electron chi connectivity index (χ4n) is 2.42. The van der Waals surface area contributed by atoms with Crippen LogP contribution in [0.2, 0.25) is 0 Å². The van der Waals surface area contributed by atoms with E-state index in [4.69, 9.17) is 0 Å². The lowest BCUT2D eigenvalue weighted by Crippen LogP contribution is -2.57. The third-order valence-corrected chi connectivity index (χ3v) is 6.11. The van der Waals surface area contributed by atoms with Crippen molar-refractivity contribution in [3.05, 3.63) is 35.4 Å². The lowest BCUT2D eigenvalue weighted by atomic mass is 10.1. The number of nitrogens with zero attached hydrogens (tertiary/aromatic N) is 1. The molecule has 8 heteroatoms. The summed E-state index contributed by atoms with van der Waals surface area (Å²) < 4.78 is 61.5. The molecule has 1 aromatic rings. The van der Waals surface area contributed by atoms with Crippen molar-refractivity contribution in [2.24, 2.45) is 5.92 Å². The molecule has 0 saturated carbocycles. The van der Waals surface area contributed by atoms with Gasteiger partial charge in [-0.3, -0.25) is 4.79 Å². The third kappa shape index (κ3) is 4.04. The average Bonchev–Trinajstić information content (AvgIpc) is 2.33. The van der Waals surface area contributed by atoms with Crippen LogP contribution < -0.4 is 0 Å². The van der Waals surface area contributed by atoms with E-state index in [-0.39, 0.29) is 30.3 Å². The third-order valence-electron chi connectivity index (χ3n) is 3.67. The Hall–Kier alpha value is -1.57. The van der Waals surface area contributed by atoms with Crippen LogP contribution >= 0.6 is 0 Å². The van der Waals surface area contributed by atoms with E-state index in [2.05, 4.69) is 0 Å². The van der Waals surface area contributed by atoms with Gasteiger partial charge in [-0.25, -0.2) is 8.42 Å². The summed E-state index contributed by atoms with van der Waals surface area (Å²) in [5.41, 5.74) is -0.701. The van der Waals surface area contributed by atoms with Crippen molar-refractivity contribution < 1.29 is 26.4 Å². The first kappa shape index (κ1) is 17.8. The maximum atomic E-state index is 12.5. The lowest BCUT2D eigenvalue weighted by molar-refractivity contribution is -0.137. The van der Waals surface area contributed by atoms with E-state index in [0.717, 1.165) is 24.3 Å². The number of rotatable bonds is 4.